The number of hydrogen-bond acceptors (Lipinski definition) is 5. The Kier molecular flexibility index (Phi) is 47.2. The standard InChI is InChI=1S/C55H113N2O6P/c1-6-8-10-12-14-16-18-20-21-22-23-24-25-26-27-28-29-30-31-32-33-34-35-37-39-41-43-45-47-49-55(59)56-53(52-63-64(60,61)62-51-50-57(3,4)5)54(58)48-46-44-42-40-38-36-19-17-15-13-11-9-7-2/h53-54,58H,6-52H2,1-5H3,(H-,56,59,60,61)/p+1/t53-,54+/m0/s1. The largest absolute Gasteiger partial charge is 0.472 e. The van der Waals surface area contributed by atoms with Crippen LogP contribution in [0.15, 0.2) is 0 Å². The van der Waals surface area contributed by atoms with E-state index in [0.717, 1.165) is 38.5 Å². The Balaban J connectivity index is 3.99. The number of phosphoric ester groups is 1. The van der Waals surface area contributed by atoms with Crippen molar-refractivity contribution in [2.24, 2.45) is 0 Å². The summed E-state index contributed by atoms with van der Waals surface area (Å²) in [6.45, 7) is 4.93. The predicted molar refractivity (Wildman–Crippen MR) is 277 cm³/mol. The number of carbonyl (C=O) groups excluding carboxylic acids is 1. The molecule has 0 aromatic carbocycles. The number of phosphoric acid groups is 1. The van der Waals surface area contributed by atoms with Gasteiger partial charge in [-0.1, -0.05) is 277 Å². The second kappa shape index (κ2) is 47.6. The van der Waals surface area contributed by atoms with E-state index in [-0.39, 0.29) is 19.1 Å². The molecule has 8 nitrogen and oxygen atoms in total. The lowest BCUT2D eigenvalue weighted by Crippen LogP contribution is -2.46. The number of rotatable bonds is 53. The topological polar surface area (TPSA) is 105 Å². The summed E-state index contributed by atoms with van der Waals surface area (Å²) < 4.78 is 23.7. The summed E-state index contributed by atoms with van der Waals surface area (Å²) in [6, 6.07) is -0.754. The first-order chi connectivity index (χ1) is 31.0. The zero-order chi connectivity index (χ0) is 47.1. The maximum Gasteiger partial charge on any atom is 0.472 e. The van der Waals surface area contributed by atoms with Crippen molar-refractivity contribution in [2.45, 2.75) is 309 Å². The summed E-state index contributed by atoms with van der Waals surface area (Å²) in [5, 5.41) is 14.0. The number of likely N-dealkylation sites (N-methyl/N-ethyl adjacent to an activating group) is 1. The Hall–Kier alpha value is -0.500. The second-order valence-corrected chi connectivity index (χ2v) is 22.5. The molecule has 0 spiro atoms. The van der Waals surface area contributed by atoms with Crippen molar-refractivity contribution < 1.29 is 32.9 Å². The molecule has 384 valence electrons. The lowest BCUT2D eigenvalue weighted by atomic mass is 10.0. The van der Waals surface area contributed by atoms with Crippen molar-refractivity contribution in [3.8, 4) is 0 Å². The van der Waals surface area contributed by atoms with Crippen LogP contribution in [0.5, 0.6) is 0 Å². The van der Waals surface area contributed by atoms with Gasteiger partial charge in [0.2, 0.25) is 5.91 Å². The van der Waals surface area contributed by atoms with Gasteiger partial charge in [-0.15, -0.1) is 0 Å². The van der Waals surface area contributed by atoms with Crippen LogP contribution in [0.1, 0.15) is 296 Å². The number of unbranched alkanes of at least 4 members (excludes halogenated alkanes) is 40. The third-order valence-corrected chi connectivity index (χ3v) is 14.3. The van der Waals surface area contributed by atoms with E-state index in [9.17, 15) is 19.4 Å². The minimum absolute atomic E-state index is 0.0789. The fraction of sp³-hybridized carbons (Fsp3) is 0.982. The second-order valence-electron chi connectivity index (χ2n) is 21.0. The molecular formula is C55H114N2O6P+. The number of aliphatic hydroxyl groups is 1. The van der Waals surface area contributed by atoms with E-state index in [1.54, 1.807) is 0 Å². The highest BCUT2D eigenvalue weighted by Crippen LogP contribution is 2.43. The van der Waals surface area contributed by atoms with Gasteiger partial charge in [0.1, 0.15) is 13.2 Å². The molecule has 0 fully saturated rings. The first-order valence-electron chi connectivity index (χ1n) is 28.4. The quantitative estimate of drug-likeness (QED) is 0.0319. The number of hydrogen-bond donors (Lipinski definition) is 3. The van der Waals surface area contributed by atoms with Crippen molar-refractivity contribution in [2.75, 3.05) is 40.9 Å². The average Bonchev–Trinajstić information content (AvgIpc) is 3.25. The van der Waals surface area contributed by atoms with Gasteiger partial charge >= 0.3 is 7.82 Å². The average molecular weight is 930 g/mol. The molecule has 0 aromatic rings. The normalized spacial score (nSPS) is 13.9. The van der Waals surface area contributed by atoms with Crippen LogP contribution < -0.4 is 5.32 Å². The molecule has 3 N–H and O–H groups in total. The Bertz CT molecular complexity index is 1010. The number of carbonyl (C=O) groups is 1. The van der Waals surface area contributed by atoms with Crippen molar-refractivity contribution in [3.63, 3.8) is 0 Å². The van der Waals surface area contributed by atoms with Crippen LogP contribution in [0.2, 0.25) is 0 Å². The molecule has 1 amide bonds. The van der Waals surface area contributed by atoms with Crippen molar-refractivity contribution in [1.29, 1.82) is 0 Å². The fourth-order valence-corrected chi connectivity index (χ4v) is 9.61. The summed E-state index contributed by atoms with van der Waals surface area (Å²) in [6.07, 6.45) is 56.0. The number of nitrogens with one attached hydrogen (secondary N) is 1. The molecule has 0 aromatic heterocycles. The molecule has 64 heavy (non-hydrogen) atoms. The molecule has 0 aliphatic rings. The molecule has 0 radical (unpaired) electrons. The first kappa shape index (κ1) is 63.5. The third kappa shape index (κ3) is 49.4. The molecule has 0 rings (SSSR count). The van der Waals surface area contributed by atoms with Crippen LogP contribution in [0.25, 0.3) is 0 Å². The summed E-state index contributed by atoms with van der Waals surface area (Å²) >= 11 is 0. The number of quaternary nitrogens is 1. The molecule has 0 aliphatic carbocycles. The van der Waals surface area contributed by atoms with Crippen molar-refractivity contribution in [3.05, 3.63) is 0 Å². The SMILES string of the molecule is CCCCCCCCCCCCCCCCCCCCCCCCCCCCCCCC(=O)N[C@@H](COP(=O)(O)OCC[N+](C)(C)C)[C@H](O)CCCCCCCCCCCCCCC. The fourth-order valence-electron chi connectivity index (χ4n) is 8.87. The maximum atomic E-state index is 13.0. The smallest absolute Gasteiger partial charge is 0.391 e. The van der Waals surface area contributed by atoms with E-state index in [1.807, 2.05) is 21.1 Å². The first-order valence-corrected chi connectivity index (χ1v) is 29.9. The summed E-state index contributed by atoms with van der Waals surface area (Å²) in [5.74, 6) is -0.137. The van der Waals surface area contributed by atoms with Crippen LogP contribution in [-0.2, 0) is 18.4 Å². The monoisotopic (exact) mass is 930 g/mol. The third-order valence-electron chi connectivity index (χ3n) is 13.4. The maximum absolute atomic E-state index is 13.0. The lowest BCUT2D eigenvalue weighted by molar-refractivity contribution is -0.870. The molecule has 3 atom stereocenters. The van der Waals surface area contributed by atoms with Crippen LogP contribution >= 0.6 is 7.82 Å². The Labute approximate surface area is 399 Å². The van der Waals surface area contributed by atoms with Crippen molar-refractivity contribution >= 4 is 13.7 Å². The number of nitrogens with zero attached hydrogens (tertiary/aromatic N) is 1. The summed E-state index contributed by atoms with van der Waals surface area (Å²) in [7, 11) is 1.63. The lowest BCUT2D eigenvalue weighted by Gasteiger charge is -2.26. The Morgan fingerprint density at radius 3 is 1.05 bits per heavy atom. The Morgan fingerprint density at radius 2 is 0.750 bits per heavy atom. The minimum atomic E-state index is -4.31. The molecule has 0 heterocycles. The highest BCUT2D eigenvalue weighted by Gasteiger charge is 2.28. The van der Waals surface area contributed by atoms with Gasteiger partial charge in [0, 0.05) is 6.42 Å². The molecule has 0 saturated carbocycles. The molecule has 0 aliphatic heterocycles. The minimum Gasteiger partial charge on any atom is -0.391 e. The van der Waals surface area contributed by atoms with Gasteiger partial charge in [-0.05, 0) is 12.8 Å². The van der Waals surface area contributed by atoms with E-state index >= 15 is 0 Å². The van der Waals surface area contributed by atoms with Crippen LogP contribution in [0.3, 0.4) is 0 Å². The van der Waals surface area contributed by atoms with Gasteiger partial charge in [0.05, 0.1) is 39.9 Å². The Morgan fingerprint density at radius 1 is 0.469 bits per heavy atom. The van der Waals surface area contributed by atoms with Crippen LogP contribution in [-0.4, -0.2) is 73.4 Å². The zero-order valence-corrected chi connectivity index (χ0v) is 44.7. The van der Waals surface area contributed by atoms with Gasteiger partial charge in [0.25, 0.3) is 0 Å². The molecule has 0 bridgehead atoms. The van der Waals surface area contributed by atoms with Crippen LogP contribution in [0.4, 0.5) is 0 Å². The molecule has 9 heteroatoms. The van der Waals surface area contributed by atoms with Gasteiger partial charge < -0.3 is 19.8 Å². The van der Waals surface area contributed by atoms with Gasteiger partial charge in [0.15, 0.2) is 0 Å². The van der Waals surface area contributed by atoms with Gasteiger partial charge in [-0.2, -0.15) is 0 Å². The molecule has 0 saturated heterocycles. The molecule has 1 unspecified atom stereocenters. The highest BCUT2D eigenvalue weighted by molar-refractivity contribution is 7.47. The van der Waals surface area contributed by atoms with E-state index in [1.165, 1.54) is 231 Å². The van der Waals surface area contributed by atoms with Crippen molar-refractivity contribution in [1.82, 2.24) is 5.32 Å². The van der Waals surface area contributed by atoms with E-state index < -0.39 is 20.0 Å². The summed E-state index contributed by atoms with van der Waals surface area (Å²) in [4.78, 5) is 23.3. The van der Waals surface area contributed by atoms with E-state index in [0.29, 0.717) is 23.9 Å². The van der Waals surface area contributed by atoms with Crippen LogP contribution in [0, 0.1) is 0 Å². The van der Waals surface area contributed by atoms with Gasteiger partial charge in [-0.3, -0.25) is 13.8 Å². The van der Waals surface area contributed by atoms with E-state index in [2.05, 4.69) is 19.2 Å². The predicted octanol–water partition coefficient (Wildman–Crippen LogP) is 16.9. The highest BCUT2D eigenvalue weighted by atomic mass is 31.2. The summed E-state index contributed by atoms with van der Waals surface area (Å²) in [5.41, 5.74) is 0. The van der Waals surface area contributed by atoms with Gasteiger partial charge in [-0.25, -0.2) is 4.57 Å². The van der Waals surface area contributed by atoms with E-state index in [4.69, 9.17) is 9.05 Å². The zero-order valence-electron chi connectivity index (χ0n) is 43.8. The number of amides is 1. The molecular weight excluding hydrogens is 816 g/mol. The number of aliphatic hydroxyl groups excluding tert-OH is 1.